The van der Waals surface area contributed by atoms with Crippen molar-refractivity contribution in [1.29, 1.82) is 0 Å². The van der Waals surface area contributed by atoms with Crippen LogP contribution >= 0.6 is 0 Å². The summed E-state index contributed by atoms with van der Waals surface area (Å²) in [5.74, 6) is 0.872. The van der Waals surface area contributed by atoms with Crippen molar-refractivity contribution in [3.63, 3.8) is 0 Å². The molecule has 0 aliphatic carbocycles. The van der Waals surface area contributed by atoms with Gasteiger partial charge in [-0.15, -0.1) is 0 Å². The van der Waals surface area contributed by atoms with E-state index in [0.717, 1.165) is 24.5 Å². The number of carbonyl (C=O) groups is 1. The molecular formula is C18H22N4O2. The summed E-state index contributed by atoms with van der Waals surface area (Å²) in [6, 6.07) is 11.4. The number of fused-ring (bicyclic) bond motifs is 1. The lowest BCUT2D eigenvalue weighted by Crippen LogP contribution is -2.47. The molecule has 3 rings (SSSR count). The molecule has 126 valence electrons. The maximum atomic E-state index is 12.3. The zero-order chi connectivity index (χ0) is 16.9. The Labute approximate surface area is 142 Å². The first-order chi connectivity index (χ1) is 11.7. The van der Waals surface area contributed by atoms with Gasteiger partial charge in [0.2, 0.25) is 0 Å². The van der Waals surface area contributed by atoms with Crippen LogP contribution in [-0.4, -0.2) is 48.7 Å². The number of carbonyl (C=O) groups excluding carboxylic acids is 1. The summed E-state index contributed by atoms with van der Waals surface area (Å²) >= 11 is 0. The third-order valence-corrected chi connectivity index (χ3v) is 4.04. The molecule has 2 aromatic rings. The van der Waals surface area contributed by atoms with Gasteiger partial charge in [0.1, 0.15) is 11.9 Å². The van der Waals surface area contributed by atoms with Crippen LogP contribution < -0.4 is 15.0 Å². The molecule has 2 heterocycles. The van der Waals surface area contributed by atoms with Gasteiger partial charge in [0.25, 0.3) is 0 Å². The predicted molar refractivity (Wildman–Crippen MR) is 94.6 cm³/mol. The van der Waals surface area contributed by atoms with Crippen molar-refractivity contribution in [2.75, 3.05) is 36.9 Å². The second kappa shape index (κ2) is 7.21. The number of benzene rings is 1. The fourth-order valence-electron chi connectivity index (χ4n) is 2.82. The van der Waals surface area contributed by atoms with E-state index < -0.39 is 0 Å². The number of anilines is 2. The van der Waals surface area contributed by atoms with E-state index in [9.17, 15) is 4.79 Å². The average Bonchev–Trinajstić information content (AvgIpc) is 2.61. The van der Waals surface area contributed by atoms with E-state index in [1.54, 1.807) is 30.4 Å². The van der Waals surface area contributed by atoms with E-state index in [-0.39, 0.29) is 12.1 Å². The largest absolute Gasteiger partial charge is 0.485 e. The molecule has 24 heavy (non-hydrogen) atoms. The lowest BCUT2D eigenvalue weighted by atomic mass is 10.2. The van der Waals surface area contributed by atoms with E-state index in [0.29, 0.717) is 12.2 Å². The first kappa shape index (κ1) is 16.1. The average molecular weight is 326 g/mol. The molecule has 0 saturated heterocycles. The number of hydrogen-bond acceptors (Lipinski definition) is 4. The minimum absolute atomic E-state index is 0.0653. The number of amides is 2. The number of hydrogen-bond donors (Lipinski definition) is 1. The minimum Gasteiger partial charge on any atom is -0.485 e. The predicted octanol–water partition coefficient (Wildman–Crippen LogP) is 2.83. The summed E-state index contributed by atoms with van der Waals surface area (Å²) in [6.45, 7) is 4.30. The Morgan fingerprint density at radius 3 is 2.96 bits per heavy atom. The number of nitrogens with zero attached hydrogens (tertiary/aromatic N) is 3. The van der Waals surface area contributed by atoms with Crippen LogP contribution in [0.4, 0.5) is 16.2 Å². The van der Waals surface area contributed by atoms with Gasteiger partial charge in [-0.05, 0) is 31.2 Å². The van der Waals surface area contributed by atoms with Gasteiger partial charge >= 0.3 is 6.03 Å². The Balaban J connectivity index is 1.62. The lowest BCUT2D eigenvalue weighted by molar-refractivity contribution is 0.150. The molecule has 1 aromatic heterocycles. The summed E-state index contributed by atoms with van der Waals surface area (Å²) < 4.78 is 6.06. The van der Waals surface area contributed by atoms with Crippen molar-refractivity contribution >= 4 is 17.4 Å². The number of pyridine rings is 1. The fraction of sp³-hybridized carbons (Fsp3) is 0.333. The van der Waals surface area contributed by atoms with Gasteiger partial charge in [-0.1, -0.05) is 12.1 Å². The molecule has 1 aliphatic heterocycles. The highest BCUT2D eigenvalue weighted by molar-refractivity contribution is 5.88. The molecule has 0 fully saturated rings. The van der Waals surface area contributed by atoms with E-state index in [1.807, 2.05) is 24.3 Å². The van der Waals surface area contributed by atoms with Crippen LogP contribution in [0.5, 0.6) is 5.75 Å². The lowest BCUT2D eigenvalue weighted by Gasteiger charge is -2.37. The van der Waals surface area contributed by atoms with E-state index in [4.69, 9.17) is 4.74 Å². The molecule has 0 spiro atoms. The van der Waals surface area contributed by atoms with Crippen molar-refractivity contribution in [3.8, 4) is 5.75 Å². The molecule has 0 radical (unpaired) electrons. The van der Waals surface area contributed by atoms with Crippen LogP contribution in [-0.2, 0) is 0 Å². The summed E-state index contributed by atoms with van der Waals surface area (Å²) in [6.07, 6.45) is 3.23. The summed E-state index contributed by atoms with van der Waals surface area (Å²) in [5.41, 5.74) is 1.79. The van der Waals surface area contributed by atoms with Crippen LogP contribution in [0.3, 0.4) is 0 Å². The van der Waals surface area contributed by atoms with Crippen LogP contribution in [0.2, 0.25) is 0 Å². The molecular weight excluding hydrogens is 304 g/mol. The molecule has 1 unspecified atom stereocenters. The second-order valence-electron chi connectivity index (χ2n) is 5.80. The summed E-state index contributed by atoms with van der Waals surface area (Å²) in [7, 11) is 1.77. The third-order valence-electron chi connectivity index (χ3n) is 4.04. The van der Waals surface area contributed by atoms with Crippen LogP contribution in [0.1, 0.15) is 6.92 Å². The summed E-state index contributed by atoms with van der Waals surface area (Å²) in [5, 5.41) is 2.83. The smallest absolute Gasteiger partial charge is 0.321 e. The standard InChI is InChI=1S/C18H22N4O2/c1-3-22-13-15(24-17-9-5-4-8-16(17)22)12-21(2)18(23)20-14-7-6-10-19-11-14/h4-11,15H,3,12-13H2,1-2H3,(H,20,23). The second-order valence-corrected chi connectivity index (χ2v) is 5.80. The maximum absolute atomic E-state index is 12.3. The van der Waals surface area contributed by atoms with Crippen molar-refractivity contribution in [2.24, 2.45) is 0 Å². The normalized spacial score (nSPS) is 16.1. The Kier molecular flexibility index (Phi) is 4.84. The highest BCUT2D eigenvalue weighted by Crippen LogP contribution is 2.32. The van der Waals surface area contributed by atoms with Gasteiger partial charge in [0.15, 0.2) is 0 Å². The molecule has 0 bridgehead atoms. The first-order valence-corrected chi connectivity index (χ1v) is 8.10. The van der Waals surface area contributed by atoms with E-state index >= 15 is 0 Å². The quantitative estimate of drug-likeness (QED) is 0.939. The van der Waals surface area contributed by atoms with Crippen LogP contribution in [0, 0.1) is 0 Å². The van der Waals surface area contributed by atoms with Gasteiger partial charge in [-0.2, -0.15) is 0 Å². The highest BCUT2D eigenvalue weighted by Gasteiger charge is 2.26. The Morgan fingerprint density at radius 2 is 2.21 bits per heavy atom. The highest BCUT2D eigenvalue weighted by atomic mass is 16.5. The number of ether oxygens (including phenoxy) is 1. The van der Waals surface area contributed by atoms with Crippen molar-refractivity contribution < 1.29 is 9.53 Å². The Bertz CT molecular complexity index is 692. The molecule has 1 atom stereocenters. The van der Waals surface area contributed by atoms with Crippen molar-refractivity contribution in [2.45, 2.75) is 13.0 Å². The number of likely N-dealkylation sites (N-methyl/N-ethyl adjacent to an activating group) is 2. The van der Waals surface area contributed by atoms with Gasteiger partial charge in [0, 0.05) is 19.8 Å². The minimum atomic E-state index is -0.173. The first-order valence-electron chi connectivity index (χ1n) is 8.10. The zero-order valence-corrected chi connectivity index (χ0v) is 14.0. The number of rotatable bonds is 4. The summed E-state index contributed by atoms with van der Waals surface area (Å²) in [4.78, 5) is 20.2. The topological polar surface area (TPSA) is 57.7 Å². The molecule has 6 heteroatoms. The monoisotopic (exact) mass is 326 g/mol. The maximum Gasteiger partial charge on any atom is 0.321 e. The van der Waals surface area contributed by atoms with E-state index in [1.165, 1.54) is 0 Å². The number of urea groups is 1. The number of para-hydroxylation sites is 2. The Morgan fingerprint density at radius 1 is 1.38 bits per heavy atom. The van der Waals surface area contributed by atoms with Gasteiger partial charge in [-0.25, -0.2) is 4.79 Å². The molecule has 0 saturated carbocycles. The third kappa shape index (κ3) is 3.59. The SMILES string of the molecule is CCN1CC(CN(C)C(=O)Nc2cccnc2)Oc2ccccc21. The fourth-order valence-corrected chi connectivity index (χ4v) is 2.82. The zero-order valence-electron chi connectivity index (χ0n) is 14.0. The van der Waals surface area contributed by atoms with Gasteiger partial charge in [0.05, 0.1) is 30.7 Å². The Hall–Kier alpha value is -2.76. The van der Waals surface area contributed by atoms with Gasteiger partial charge in [-0.3, -0.25) is 4.98 Å². The number of nitrogens with one attached hydrogen (secondary N) is 1. The van der Waals surface area contributed by atoms with Crippen molar-refractivity contribution in [3.05, 3.63) is 48.8 Å². The van der Waals surface area contributed by atoms with Crippen LogP contribution in [0.15, 0.2) is 48.8 Å². The molecule has 6 nitrogen and oxygen atoms in total. The molecule has 2 amide bonds. The van der Waals surface area contributed by atoms with Crippen molar-refractivity contribution in [1.82, 2.24) is 9.88 Å². The molecule has 1 aromatic carbocycles. The molecule has 1 N–H and O–H groups in total. The molecule has 1 aliphatic rings. The van der Waals surface area contributed by atoms with Gasteiger partial charge < -0.3 is 19.9 Å². The van der Waals surface area contributed by atoms with E-state index in [2.05, 4.69) is 28.2 Å². The van der Waals surface area contributed by atoms with Crippen LogP contribution in [0.25, 0.3) is 0 Å². The number of aromatic nitrogens is 1.